The predicted molar refractivity (Wildman–Crippen MR) is 35.4 cm³/mol. The van der Waals surface area contributed by atoms with Gasteiger partial charge in [-0.1, -0.05) is 0 Å². The van der Waals surface area contributed by atoms with Crippen molar-refractivity contribution in [2.75, 3.05) is 20.6 Å². The maximum atomic E-state index is 4.06. The summed E-state index contributed by atoms with van der Waals surface area (Å²) in [6, 6.07) is 0.648. The average Bonchev–Trinajstić information content (AvgIpc) is 1.86. The van der Waals surface area contributed by atoms with E-state index in [9.17, 15) is 0 Å². The van der Waals surface area contributed by atoms with Gasteiger partial charge in [0.2, 0.25) is 0 Å². The highest BCUT2D eigenvalue weighted by Crippen LogP contribution is 2.20. The number of quaternary nitrogens is 1. The van der Waals surface area contributed by atoms with Gasteiger partial charge in [0.25, 0.3) is 0 Å². The summed E-state index contributed by atoms with van der Waals surface area (Å²) in [6.07, 6.45) is 2.67. The standard InChI is InChI=1S/C7H15N/c1-7-5-4-6-8(7,2)3/h7H,1,4-6H2,2-3H3/q+1. The molecule has 1 unspecified atom stereocenters. The second-order valence-electron chi connectivity index (χ2n) is 3.30. The van der Waals surface area contributed by atoms with Crippen molar-refractivity contribution in [2.24, 2.45) is 0 Å². The molecule has 47 valence electrons. The predicted octanol–water partition coefficient (Wildman–Crippen LogP) is 1.06. The van der Waals surface area contributed by atoms with Gasteiger partial charge in [0.15, 0.2) is 0 Å². The van der Waals surface area contributed by atoms with Crippen LogP contribution in [0.3, 0.4) is 0 Å². The third-order valence-corrected chi connectivity index (χ3v) is 2.26. The van der Waals surface area contributed by atoms with Gasteiger partial charge in [-0.2, -0.15) is 0 Å². The normalized spacial score (nSPS) is 35.6. The van der Waals surface area contributed by atoms with E-state index in [0.717, 1.165) is 4.48 Å². The van der Waals surface area contributed by atoms with Gasteiger partial charge >= 0.3 is 0 Å². The smallest absolute Gasteiger partial charge is 0.0890 e. The Kier molecular flexibility index (Phi) is 1.31. The van der Waals surface area contributed by atoms with Gasteiger partial charge in [-0.05, 0) is 0 Å². The van der Waals surface area contributed by atoms with E-state index in [4.69, 9.17) is 0 Å². The first-order chi connectivity index (χ1) is 3.63. The lowest BCUT2D eigenvalue weighted by atomic mass is 10.2. The minimum absolute atomic E-state index is 0.648. The SMILES string of the molecule is [CH2]C1CCC[N+]1(C)C. The molecule has 8 heavy (non-hydrogen) atoms. The maximum Gasteiger partial charge on any atom is 0.0890 e. The lowest BCUT2D eigenvalue weighted by molar-refractivity contribution is -0.896. The summed E-state index contributed by atoms with van der Waals surface area (Å²) in [4.78, 5) is 0. The summed E-state index contributed by atoms with van der Waals surface area (Å²) in [5.74, 6) is 0. The van der Waals surface area contributed by atoms with Crippen molar-refractivity contribution in [1.82, 2.24) is 0 Å². The Morgan fingerprint density at radius 2 is 2.12 bits per heavy atom. The first-order valence-electron chi connectivity index (χ1n) is 3.29. The van der Waals surface area contributed by atoms with Crippen LogP contribution in [0.5, 0.6) is 0 Å². The first kappa shape index (κ1) is 6.09. The molecule has 0 saturated carbocycles. The molecule has 1 fully saturated rings. The van der Waals surface area contributed by atoms with E-state index in [-0.39, 0.29) is 0 Å². The van der Waals surface area contributed by atoms with Gasteiger partial charge in [-0.15, -0.1) is 0 Å². The summed E-state index contributed by atoms with van der Waals surface area (Å²) >= 11 is 0. The molecule has 1 atom stereocenters. The molecule has 0 spiro atoms. The number of likely N-dealkylation sites (tertiary alicyclic amines) is 1. The Morgan fingerprint density at radius 3 is 2.25 bits per heavy atom. The fourth-order valence-electron chi connectivity index (χ4n) is 1.27. The Labute approximate surface area is 51.9 Å². The molecule has 1 rings (SSSR count). The van der Waals surface area contributed by atoms with Crippen LogP contribution in [-0.2, 0) is 0 Å². The van der Waals surface area contributed by atoms with E-state index in [1.54, 1.807) is 0 Å². The Bertz CT molecular complexity index is 86.4. The van der Waals surface area contributed by atoms with E-state index < -0.39 is 0 Å². The molecule has 1 nitrogen and oxygen atoms in total. The third kappa shape index (κ3) is 0.873. The zero-order valence-electron chi connectivity index (χ0n) is 5.85. The molecule has 0 amide bonds. The number of hydrogen-bond acceptors (Lipinski definition) is 0. The van der Waals surface area contributed by atoms with Gasteiger partial charge in [-0.3, -0.25) is 0 Å². The molecule has 1 aliphatic heterocycles. The fraction of sp³-hybridized carbons (Fsp3) is 0.857. The molecule has 1 radical (unpaired) electrons. The Morgan fingerprint density at radius 1 is 1.50 bits per heavy atom. The van der Waals surface area contributed by atoms with Crippen LogP contribution < -0.4 is 0 Å². The zero-order chi connectivity index (χ0) is 6.20. The van der Waals surface area contributed by atoms with Crippen LogP contribution in [0.15, 0.2) is 0 Å². The first-order valence-corrected chi connectivity index (χ1v) is 3.29. The molecule has 0 aromatic carbocycles. The lowest BCUT2D eigenvalue weighted by Crippen LogP contribution is -2.42. The molecule has 1 heteroatoms. The minimum Gasteiger partial charge on any atom is -0.326 e. The van der Waals surface area contributed by atoms with Crippen LogP contribution in [0.2, 0.25) is 0 Å². The van der Waals surface area contributed by atoms with Crippen molar-refractivity contribution in [3.8, 4) is 0 Å². The van der Waals surface area contributed by atoms with E-state index in [0.29, 0.717) is 6.04 Å². The summed E-state index contributed by atoms with van der Waals surface area (Å²) in [7, 11) is 4.51. The quantitative estimate of drug-likeness (QED) is 0.412. The number of rotatable bonds is 0. The van der Waals surface area contributed by atoms with Crippen LogP contribution in [0.1, 0.15) is 12.8 Å². The van der Waals surface area contributed by atoms with Crippen molar-refractivity contribution in [2.45, 2.75) is 18.9 Å². The van der Waals surface area contributed by atoms with Crippen LogP contribution in [0.4, 0.5) is 0 Å². The Balaban J connectivity index is 2.54. The third-order valence-electron chi connectivity index (χ3n) is 2.26. The van der Waals surface area contributed by atoms with Crippen LogP contribution in [0, 0.1) is 6.92 Å². The average molecular weight is 113 g/mol. The molecule has 0 aromatic heterocycles. The highest BCUT2D eigenvalue weighted by molar-refractivity contribution is 4.66. The summed E-state index contributed by atoms with van der Waals surface area (Å²) in [5.41, 5.74) is 0. The molecule has 0 aromatic rings. The van der Waals surface area contributed by atoms with Crippen LogP contribution in [0.25, 0.3) is 0 Å². The molecular formula is C7H15N+. The van der Waals surface area contributed by atoms with Crippen molar-refractivity contribution in [3.63, 3.8) is 0 Å². The van der Waals surface area contributed by atoms with Gasteiger partial charge in [-0.25, -0.2) is 0 Å². The number of hydrogen-bond donors (Lipinski definition) is 0. The molecule has 0 bridgehead atoms. The van der Waals surface area contributed by atoms with Crippen molar-refractivity contribution >= 4 is 0 Å². The summed E-state index contributed by atoms with van der Waals surface area (Å²) in [5, 5.41) is 0. The van der Waals surface area contributed by atoms with E-state index in [2.05, 4.69) is 21.0 Å². The number of nitrogens with zero attached hydrogens (tertiary/aromatic N) is 1. The zero-order valence-corrected chi connectivity index (χ0v) is 5.85. The highest BCUT2D eigenvalue weighted by atomic mass is 15.3. The second kappa shape index (κ2) is 1.73. The molecule has 0 aliphatic carbocycles. The summed E-state index contributed by atoms with van der Waals surface area (Å²) in [6.45, 7) is 5.38. The van der Waals surface area contributed by atoms with Crippen molar-refractivity contribution in [1.29, 1.82) is 0 Å². The van der Waals surface area contributed by atoms with Crippen molar-refractivity contribution in [3.05, 3.63) is 6.92 Å². The van der Waals surface area contributed by atoms with Gasteiger partial charge in [0.1, 0.15) is 0 Å². The van der Waals surface area contributed by atoms with Gasteiger partial charge < -0.3 is 4.48 Å². The fourth-order valence-corrected chi connectivity index (χ4v) is 1.27. The van der Waals surface area contributed by atoms with E-state index >= 15 is 0 Å². The van der Waals surface area contributed by atoms with Crippen LogP contribution in [-0.4, -0.2) is 31.2 Å². The molecule has 1 saturated heterocycles. The highest BCUT2D eigenvalue weighted by Gasteiger charge is 2.29. The molecule has 1 heterocycles. The topological polar surface area (TPSA) is 0 Å². The molecule has 0 N–H and O–H groups in total. The van der Waals surface area contributed by atoms with E-state index in [1.165, 1.54) is 19.4 Å². The second-order valence-corrected chi connectivity index (χ2v) is 3.30. The molecule has 1 aliphatic rings. The minimum atomic E-state index is 0.648. The van der Waals surface area contributed by atoms with Gasteiger partial charge in [0.05, 0.1) is 26.7 Å². The summed E-state index contributed by atoms with van der Waals surface area (Å²) < 4.78 is 1.12. The van der Waals surface area contributed by atoms with Crippen molar-refractivity contribution < 1.29 is 4.48 Å². The largest absolute Gasteiger partial charge is 0.326 e. The van der Waals surface area contributed by atoms with E-state index in [1.807, 2.05) is 0 Å². The molecular weight excluding hydrogens is 98.1 g/mol. The lowest BCUT2D eigenvalue weighted by Gasteiger charge is -2.28. The van der Waals surface area contributed by atoms with Crippen LogP contribution >= 0.6 is 0 Å². The maximum absolute atomic E-state index is 4.06. The Hall–Kier alpha value is -0.0400. The monoisotopic (exact) mass is 113 g/mol. The van der Waals surface area contributed by atoms with Gasteiger partial charge in [0, 0.05) is 19.8 Å².